The number of amides is 1. The van der Waals surface area contributed by atoms with Gasteiger partial charge in [0.1, 0.15) is 0 Å². The lowest BCUT2D eigenvalue weighted by Crippen LogP contribution is -2.10. The van der Waals surface area contributed by atoms with Crippen LogP contribution in [0.2, 0.25) is 0 Å². The van der Waals surface area contributed by atoms with E-state index in [0.29, 0.717) is 21.1 Å². The fourth-order valence-corrected chi connectivity index (χ4v) is 3.20. The van der Waals surface area contributed by atoms with E-state index in [1.165, 1.54) is 11.3 Å². The molecule has 0 bridgehead atoms. The average molecular weight is 341 g/mol. The number of aromatic nitrogens is 1. The molecule has 0 spiro atoms. The number of hydrogen-bond donors (Lipinski definition) is 1. The highest BCUT2D eigenvalue weighted by molar-refractivity contribution is 9.10. The highest BCUT2D eigenvalue weighted by Gasteiger charge is 2.23. The number of thiazole rings is 1. The van der Waals surface area contributed by atoms with E-state index in [1.54, 1.807) is 12.1 Å². The van der Waals surface area contributed by atoms with Gasteiger partial charge in [0.05, 0.1) is 10.6 Å². The molecule has 2 aromatic rings. The second-order valence-electron chi connectivity index (χ2n) is 4.13. The van der Waals surface area contributed by atoms with Crippen molar-refractivity contribution >= 4 is 44.1 Å². The van der Waals surface area contributed by atoms with Crippen LogP contribution in [0.1, 0.15) is 38.8 Å². The van der Waals surface area contributed by atoms with Gasteiger partial charge in [-0.1, -0.05) is 11.3 Å². The standard InChI is InChI=1S/C12H9BrN2O3S/c13-9-5-4-8(18-9)11(17)15-12-14-6-2-1-3-7(16)10(6)19-12/h4-5H,1-3H2,(H,14,15,17). The van der Waals surface area contributed by atoms with Crippen LogP contribution in [0.3, 0.4) is 0 Å². The van der Waals surface area contributed by atoms with Crippen molar-refractivity contribution in [2.75, 3.05) is 5.32 Å². The fraction of sp³-hybridized carbons (Fsp3) is 0.250. The zero-order valence-electron chi connectivity index (χ0n) is 9.73. The number of aryl methyl sites for hydroxylation is 1. The Morgan fingerprint density at radius 3 is 2.95 bits per heavy atom. The smallest absolute Gasteiger partial charge is 0.293 e. The Balaban J connectivity index is 1.80. The minimum Gasteiger partial charge on any atom is -0.444 e. The summed E-state index contributed by atoms with van der Waals surface area (Å²) in [4.78, 5) is 28.5. The number of halogens is 1. The first-order valence-corrected chi connectivity index (χ1v) is 7.34. The van der Waals surface area contributed by atoms with E-state index in [9.17, 15) is 9.59 Å². The van der Waals surface area contributed by atoms with E-state index >= 15 is 0 Å². The first kappa shape index (κ1) is 12.6. The Hall–Kier alpha value is -1.47. The molecule has 0 aromatic carbocycles. The van der Waals surface area contributed by atoms with Crippen molar-refractivity contribution < 1.29 is 14.0 Å². The SMILES string of the molecule is O=C(Nc1nc2c(s1)C(=O)CCC2)c1ccc(Br)o1. The number of Topliss-reactive ketones (excluding diaryl/α,β-unsaturated/α-hetero) is 1. The predicted octanol–water partition coefficient (Wildman–Crippen LogP) is 3.27. The van der Waals surface area contributed by atoms with Crippen LogP contribution >= 0.6 is 27.3 Å². The third kappa shape index (κ3) is 2.48. The van der Waals surface area contributed by atoms with E-state index in [0.717, 1.165) is 18.5 Å². The predicted molar refractivity (Wildman–Crippen MR) is 73.7 cm³/mol. The highest BCUT2D eigenvalue weighted by atomic mass is 79.9. The van der Waals surface area contributed by atoms with E-state index < -0.39 is 0 Å². The van der Waals surface area contributed by atoms with Crippen molar-refractivity contribution in [3.05, 3.63) is 33.1 Å². The lowest BCUT2D eigenvalue weighted by Gasteiger charge is -2.05. The van der Waals surface area contributed by atoms with Gasteiger partial charge in [0, 0.05) is 6.42 Å². The Morgan fingerprint density at radius 1 is 1.42 bits per heavy atom. The molecule has 1 aliphatic rings. The molecular formula is C12H9BrN2O3S. The zero-order valence-corrected chi connectivity index (χ0v) is 12.1. The van der Waals surface area contributed by atoms with Gasteiger partial charge in [-0.2, -0.15) is 0 Å². The minimum absolute atomic E-state index is 0.111. The van der Waals surface area contributed by atoms with Crippen LogP contribution in [0.5, 0.6) is 0 Å². The number of anilines is 1. The maximum absolute atomic E-state index is 11.9. The summed E-state index contributed by atoms with van der Waals surface area (Å²) < 4.78 is 5.65. The van der Waals surface area contributed by atoms with Crippen molar-refractivity contribution in [2.45, 2.75) is 19.3 Å². The van der Waals surface area contributed by atoms with E-state index in [4.69, 9.17) is 4.42 Å². The van der Waals surface area contributed by atoms with Crippen molar-refractivity contribution in [1.29, 1.82) is 0 Å². The number of carbonyl (C=O) groups excluding carboxylic acids is 2. The molecule has 0 radical (unpaired) electrons. The summed E-state index contributed by atoms with van der Waals surface area (Å²) >= 11 is 4.36. The number of rotatable bonds is 2. The molecular weight excluding hydrogens is 332 g/mol. The molecule has 2 heterocycles. The van der Waals surface area contributed by atoms with Crippen LogP contribution in [0.15, 0.2) is 21.2 Å². The number of carbonyl (C=O) groups is 2. The number of furan rings is 1. The molecule has 98 valence electrons. The molecule has 1 aliphatic carbocycles. The van der Waals surface area contributed by atoms with Crippen LogP contribution in [-0.4, -0.2) is 16.7 Å². The summed E-state index contributed by atoms with van der Waals surface area (Å²) in [5.74, 6) is -0.0596. The van der Waals surface area contributed by atoms with Crippen LogP contribution in [0, 0.1) is 0 Å². The van der Waals surface area contributed by atoms with Crippen molar-refractivity contribution in [3.8, 4) is 0 Å². The second-order valence-corrected chi connectivity index (χ2v) is 5.91. The maximum atomic E-state index is 11.9. The summed E-state index contributed by atoms with van der Waals surface area (Å²) in [6, 6.07) is 3.21. The van der Waals surface area contributed by atoms with Gasteiger partial charge in [-0.05, 0) is 40.9 Å². The molecule has 19 heavy (non-hydrogen) atoms. The summed E-state index contributed by atoms with van der Waals surface area (Å²) in [5, 5.41) is 3.09. The maximum Gasteiger partial charge on any atom is 0.293 e. The molecule has 2 aromatic heterocycles. The third-order valence-electron chi connectivity index (χ3n) is 2.79. The molecule has 0 saturated heterocycles. The van der Waals surface area contributed by atoms with Crippen LogP contribution in [-0.2, 0) is 6.42 Å². The zero-order chi connectivity index (χ0) is 13.4. The summed E-state index contributed by atoms with van der Waals surface area (Å²) in [7, 11) is 0. The van der Waals surface area contributed by atoms with Gasteiger partial charge >= 0.3 is 0 Å². The minimum atomic E-state index is -0.371. The van der Waals surface area contributed by atoms with E-state index in [1.807, 2.05) is 0 Å². The van der Waals surface area contributed by atoms with Gasteiger partial charge in [0.2, 0.25) is 0 Å². The quantitative estimate of drug-likeness (QED) is 0.910. The highest BCUT2D eigenvalue weighted by Crippen LogP contribution is 2.30. The Morgan fingerprint density at radius 2 is 2.26 bits per heavy atom. The topological polar surface area (TPSA) is 72.2 Å². The van der Waals surface area contributed by atoms with Gasteiger partial charge in [-0.3, -0.25) is 14.9 Å². The van der Waals surface area contributed by atoms with Crippen molar-refractivity contribution in [3.63, 3.8) is 0 Å². The lowest BCUT2D eigenvalue weighted by atomic mass is 10.0. The van der Waals surface area contributed by atoms with E-state index in [-0.39, 0.29) is 17.5 Å². The summed E-state index contributed by atoms with van der Waals surface area (Å²) in [6.45, 7) is 0. The number of nitrogens with zero attached hydrogens (tertiary/aromatic N) is 1. The van der Waals surface area contributed by atoms with Crippen molar-refractivity contribution in [1.82, 2.24) is 4.98 Å². The molecule has 0 unspecified atom stereocenters. The molecule has 7 heteroatoms. The van der Waals surface area contributed by atoms with Gasteiger partial charge in [0.15, 0.2) is 21.3 Å². The Labute approximate surface area is 121 Å². The third-order valence-corrected chi connectivity index (χ3v) is 4.27. The van der Waals surface area contributed by atoms with Crippen LogP contribution in [0.4, 0.5) is 5.13 Å². The van der Waals surface area contributed by atoms with Gasteiger partial charge in [-0.25, -0.2) is 4.98 Å². The molecule has 1 amide bonds. The lowest BCUT2D eigenvalue weighted by molar-refractivity contribution is 0.0974. The van der Waals surface area contributed by atoms with E-state index in [2.05, 4.69) is 26.2 Å². The molecule has 0 atom stereocenters. The van der Waals surface area contributed by atoms with Crippen LogP contribution in [0.25, 0.3) is 0 Å². The summed E-state index contributed by atoms with van der Waals surface area (Å²) in [6.07, 6.45) is 2.18. The van der Waals surface area contributed by atoms with Gasteiger partial charge in [0.25, 0.3) is 5.91 Å². The first-order chi connectivity index (χ1) is 9.13. The number of ketones is 1. The number of fused-ring (bicyclic) bond motifs is 1. The molecule has 5 nitrogen and oxygen atoms in total. The van der Waals surface area contributed by atoms with Crippen LogP contribution < -0.4 is 5.32 Å². The Bertz CT molecular complexity index is 662. The fourth-order valence-electron chi connectivity index (χ4n) is 1.92. The first-order valence-electron chi connectivity index (χ1n) is 5.73. The molecule has 1 N–H and O–H groups in total. The monoisotopic (exact) mass is 340 g/mol. The normalized spacial score (nSPS) is 14.3. The van der Waals surface area contributed by atoms with Gasteiger partial charge in [-0.15, -0.1) is 0 Å². The van der Waals surface area contributed by atoms with Crippen molar-refractivity contribution in [2.24, 2.45) is 0 Å². The largest absolute Gasteiger partial charge is 0.444 e. The summed E-state index contributed by atoms with van der Waals surface area (Å²) in [5.41, 5.74) is 0.789. The molecule has 0 aliphatic heterocycles. The number of nitrogens with one attached hydrogen (secondary N) is 1. The molecule has 3 rings (SSSR count). The van der Waals surface area contributed by atoms with Gasteiger partial charge < -0.3 is 4.42 Å². The average Bonchev–Trinajstić information content (AvgIpc) is 2.96. The number of hydrogen-bond acceptors (Lipinski definition) is 5. The molecule has 0 fully saturated rings. The Kier molecular flexibility index (Phi) is 3.24. The molecule has 0 saturated carbocycles. The second kappa shape index (κ2) is 4.90.